The molecule has 1 fully saturated rings. The summed E-state index contributed by atoms with van der Waals surface area (Å²) in [5.74, 6) is 3.31. The third-order valence-corrected chi connectivity index (χ3v) is 7.67. The van der Waals surface area contributed by atoms with Crippen LogP contribution in [0.2, 0.25) is 0 Å². The molecule has 192 valence electrons. The lowest BCUT2D eigenvalue weighted by atomic mass is 9.80. The SMILES string of the molecule is CCCCCCCC1CCC(COc2ccc(C(=O)Oc3ccc(C[C@@H](C)CC)cc3)cc2)CC1. The predicted molar refractivity (Wildman–Crippen MR) is 145 cm³/mol. The molecule has 0 amide bonds. The molecule has 0 aromatic heterocycles. The summed E-state index contributed by atoms with van der Waals surface area (Å²) in [6.07, 6.45) is 15.8. The fourth-order valence-corrected chi connectivity index (χ4v) is 5.03. The molecule has 3 nitrogen and oxygen atoms in total. The summed E-state index contributed by atoms with van der Waals surface area (Å²) in [7, 11) is 0. The molecule has 3 heteroatoms. The van der Waals surface area contributed by atoms with Crippen molar-refractivity contribution in [2.24, 2.45) is 17.8 Å². The zero-order chi connectivity index (χ0) is 24.9. The lowest BCUT2D eigenvalue weighted by Gasteiger charge is -2.28. The molecular formula is C32H46O3. The smallest absolute Gasteiger partial charge is 0.343 e. The van der Waals surface area contributed by atoms with E-state index >= 15 is 0 Å². The lowest BCUT2D eigenvalue weighted by molar-refractivity contribution is 0.0734. The number of carbonyl (C=O) groups excluding carboxylic acids is 1. The third-order valence-electron chi connectivity index (χ3n) is 7.67. The van der Waals surface area contributed by atoms with Crippen molar-refractivity contribution in [1.29, 1.82) is 0 Å². The molecular weight excluding hydrogens is 432 g/mol. The van der Waals surface area contributed by atoms with E-state index in [4.69, 9.17) is 9.47 Å². The average Bonchev–Trinajstić information content (AvgIpc) is 2.89. The van der Waals surface area contributed by atoms with Gasteiger partial charge in [-0.3, -0.25) is 0 Å². The Bertz CT molecular complexity index is 847. The number of ether oxygens (including phenoxy) is 2. The van der Waals surface area contributed by atoms with Gasteiger partial charge in [-0.25, -0.2) is 4.79 Å². The summed E-state index contributed by atoms with van der Waals surface area (Å²) < 4.78 is 11.6. The van der Waals surface area contributed by atoms with E-state index in [0.717, 1.165) is 31.1 Å². The highest BCUT2D eigenvalue weighted by atomic mass is 16.5. The molecule has 1 aliphatic carbocycles. The van der Waals surface area contributed by atoms with Crippen molar-refractivity contribution in [3.05, 3.63) is 59.7 Å². The molecule has 1 atom stereocenters. The van der Waals surface area contributed by atoms with Gasteiger partial charge in [0.05, 0.1) is 12.2 Å². The van der Waals surface area contributed by atoms with Crippen molar-refractivity contribution in [2.75, 3.05) is 6.61 Å². The number of hydrogen-bond donors (Lipinski definition) is 0. The van der Waals surface area contributed by atoms with Crippen LogP contribution < -0.4 is 9.47 Å². The zero-order valence-electron chi connectivity index (χ0n) is 22.3. The van der Waals surface area contributed by atoms with Gasteiger partial charge in [-0.2, -0.15) is 0 Å². The van der Waals surface area contributed by atoms with E-state index in [1.165, 1.54) is 69.8 Å². The fourth-order valence-electron chi connectivity index (χ4n) is 5.03. The molecule has 2 aromatic carbocycles. The fraction of sp³-hybridized carbons (Fsp3) is 0.594. The first-order valence-corrected chi connectivity index (χ1v) is 14.1. The van der Waals surface area contributed by atoms with Gasteiger partial charge in [0.2, 0.25) is 0 Å². The molecule has 3 rings (SSSR count). The highest BCUT2D eigenvalue weighted by molar-refractivity contribution is 5.91. The number of carbonyl (C=O) groups is 1. The minimum absolute atomic E-state index is 0.334. The second-order valence-corrected chi connectivity index (χ2v) is 10.7. The molecule has 35 heavy (non-hydrogen) atoms. The Morgan fingerprint density at radius 3 is 2.11 bits per heavy atom. The van der Waals surface area contributed by atoms with Crippen molar-refractivity contribution in [1.82, 2.24) is 0 Å². The number of hydrogen-bond acceptors (Lipinski definition) is 3. The Hall–Kier alpha value is -2.29. The zero-order valence-corrected chi connectivity index (χ0v) is 22.3. The maximum Gasteiger partial charge on any atom is 0.343 e. The monoisotopic (exact) mass is 478 g/mol. The van der Waals surface area contributed by atoms with E-state index in [0.29, 0.717) is 23.1 Å². The maximum absolute atomic E-state index is 12.5. The minimum atomic E-state index is -0.334. The van der Waals surface area contributed by atoms with Crippen molar-refractivity contribution >= 4 is 5.97 Å². The molecule has 2 aromatic rings. The third kappa shape index (κ3) is 9.70. The van der Waals surface area contributed by atoms with E-state index in [9.17, 15) is 4.79 Å². The van der Waals surface area contributed by atoms with Gasteiger partial charge in [-0.05, 0) is 79.0 Å². The van der Waals surface area contributed by atoms with Crippen LogP contribution in [0.5, 0.6) is 11.5 Å². The van der Waals surface area contributed by atoms with Gasteiger partial charge in [0.15, 0.2) is 0 Å². The molecule has 0 spiro atoms. The molecule has 0 saturated heterocycles. The van der Waals surface area contributed by atoms with E-state index in [1.54, 1.807) is 12.1 Å². The van der Waals surface area contributed by atoms with Crippen LogP contribution in [0, 0.1) is 17.8 Å². The standard InChI is InChI=1S/C32H46O3/c1-4-6-7-8-9-10-26-11-13-28(14-12-26)24-34-30-21-17-29(18-22-30)32(33)35-31-19-15-27(16-20-31)23-25(3)5-2/h15-22,25-26,28H,4-14,23-24H2,1-3H3/t25-,26?,28?/m0/s1. The number of benzene rings is 2. The van der Waals surface area contributed by atoms with Crippen LogP contribution in [0.3, 0.4) is 0 Å². The summed E-state index contributed by atoms with van der Waals surface area (Å²) in [6, 6.07) is 15.2. The molecule has 1 saturated carbocycles. The van der Waals surface area contributed by atoms with Crippen LogP contribution in [-0.2, 0) is 6.42 Å². The summed E-state index contributed by atoms with van der Waals surface area (Å²) in [5.41, 5.74) is 1.82. The van der Waals surface area contributed by atoms with Gasteiger partial charge in [-0.1, -0.05) is 90.7 Å². The molecule has 0 radical (unpaired) electrons. The van der Waals surface area contributed by atoms with Crippen molar-refractivity contribution < 1.29 is 14.3 Å². The van der Waals surface area contributed by atoms with Crippen molar-refractivity contribution in [3.63, 3.8) is 0 Å². The first-order chi connectivity index (χ1) is 17.1. The molecule has 0 bridgehead atoms. The minimum Gasteiger partial charge on any atom is -0.493 e. The van der Waals surface area contributed by atoms with Gasteiger partial charge in [-0.15, -0.1) is 0 Å². The molecule has 0 heterocycles. The first-order valence-electron chi connectivity index (χ1n) is 14.1. The van der Waals surface area contributed by atoms with Crippen molar-refractivity contribution in [2.45, 2.75) is 97.8 Å². The first kappa shape index (κ1) is 27.3. The van der Waals surface area contributed by atoms with Crippen LogP contribution in [0.4, 0.5) is 0 Å². The van der Waals surface area contributed by atoms with Crippen LogP contribution in [0.1, 0.15) is 107 Å². The normalized spacial score (nSPS) is 18.7. The Morgan fingerprint density at radius 1 is 0.829 bits per heavy atom. The highest BCUT2D eigenvalue weighted by Gasteiger charge is 2.21. The van der Waals surface area contributed by atoms with Crippen LogP contribution in [0.25, 0.3) is 0 Å². The number of unbranched alkanes of at least 4 members (excludes halogenated alkanes) is 4. The van der Waals surface area contributed by atoms with Gasteiger partial charge < -0.3 is 9.47 Å². The number of esters is 1. The summed E-state index contributed by atoms with van der Waals surface area (Å²) in [6.45, 7) is 7.51. The van der Waals surface area contributed by atoms with Crippen LogP contribution in [0.15, 0.2) is 48.5 Å². The summed E-state index contributed by atoms with van der Waals surface area (Å²) in [4.78, 5) is 12.5. The highest BCUT2D eigenvalue weighted by Crippen LogP contribution is 2.32. The Balaban J connectivity index is 1.36. The van der Waals surface area contributed by atoms with Gasteiger partial charge >= 0.3 is 5.97 Å². The van der Waals surface area contributed by atoms with E-state index < -0.39 is 0 Å². The largest absolute Gasteiger partial charge is 0.493 e. The van der Waals surface area contributed by atoms with Gasteiger partial charge in [0, 0.05) is 0 Å². The summed E-state index contributed by atoms with van der Waals surface area (Å²) >= 11 is 0. The Labute approximate surface area is 213 Å². The van der Waals surface area contributed by atoms with Gasteiger partial charge in [0.1, 0.15) is 11.5 Å². The summed E-state index contributed by atoms with van der Waals surface area (Å²) in [5, 5.41) is 0. The molecule has 1 aliphatic rings. The second-order valence-electron chi connectivity index (χ2n) is 10.7. The van der Waals surface area contributed by atoms with E-state index in [-0.39, 0.29) is 5.97 Å². The lowest BCUT2D eigenvalue weighted by Crippen LogP contribution is -2.20. The Kier molecular flexibility index (Phi) is 11.7. The van der Waals surface area contributed by atoms with Crippen molar-refractivity contribution in [3.8, 4) is 11.5 Å². The van der Waals surface area contributed by atoms with Gasteiger partial charge in [0.25, 0.3) is 0 Å². The average molecular weight is 479 g/mol. The number of rotatable bonds is 14. The topological polar surface area (TPSA) is 35.5 Å². The molecule has 0 N–H and O–H groups in total. The maximum atomic E-state index is 12.5. The molecule has 0 unspecified atom stereocenters. The molecule has 0 aliphatic heterocycles. The second kappa shape index (κ2) is 15.0. The van der Waals surface area contributed by atoms with Crippen LogP contribution in [-0.4, -0.2) is 12.6 Å². The Morgan fingerprint density at radius 2 is 1.46 bits per heavy atom. The quantitative estimate of drug-likeness (QED) is 0.154. The van der Waals surface area contributed by atoms with Crippen LogP contribution >= 0.6 is 0 Å². The van der Waals surface area contributed by atoms with E-state index in [1.807, 2.05) is 36.4 Å². The predicted octanol–water partition coefficient (Wildman–Crippen LogP) is 9.04. The van der Waals surface area contributed by atoms with E-state index in [2.05, 4.69) is 20.8 Å².